The van der Waals surface area contributed by atoms with Crippen molar-refractivity contribution < 1.29 is 18.3 Å². The van der Waals surface area contributed by atoms with Crippen LogP contribution in [0, 0.1) is 18.8 Å². The first-order chi connectivity index (χ1) is 8.31. The van der Waals surface area contributed by atoms with Crippen LogP contribution in [0.2, 0.25) is 0 Å². The van der Waals surface area contributed by atoms with Crippen LogP contribution in [-0.2, 0) is 5.60 Å². The molecule has 1 atom stereocenters. The Morgan fingerprint density at radius 2 is 1.72 bits per heavy atom. The second-order valence-corrected chi connectivity index (χ2v) is 4.13. The maximum atomic E-state index is 13.0. The fourth-order valence-electron chi connectivity index (χ4n) is 1.42. The summed E-state index contributed by atoms with van der Waals surface area (Å²) in [6.45, 7) is 3.58. The largest absolute Gasteiger partial charge is 0.433 e. The Labute approximate surface area is 105 Å². The lowest BCUT2D eigenvalue weighted by Gasteiger charge is -2.25. The van der Waals surface area contributed by atoms with Crippen LogP contribution < -0.4 is 0 Å². The van der Waals surface area contributed by atoms with Crippen LogP contribution in [0.4, 0.5) is 13.2 Å². The normalized spacial score (nSPS) is 14.6. The first-order valence-corrected chi connectivity index (χ1v) is 5.67. The van der Waals surface area contributed by atoms with E-state index in [1.54, 1.807) is 6.92 Å². The Kier molecular flexibility index (Phi) is 4.42. The van der Waals surface area contributed by atoms with E-state index in [0.29, 0.717) is 12.8 Å². The Morgan fingerprint density at radius 3 is 2.17 bits per heavy atom. The molecule has 0 amide bonds. The molecule has 1 aromatic rings. The minimum absolute atomic E-state index is 0.246. The Bertz CT molecular complexity index is 451. The van der Waals surface area contributed by atoms with Crippen LogP contribution in [0.25, 0.3) is 0 Å². The molecule has 1 N–H and O–H groups in total. The van der Waals surface area contributed by atoms with Crippen molar-refractivity contribution in [2.24, 2.45) is 0 Å². The molecule has 0 radical (unpaired) electrons. The van der Waals surface area contributed by atoms with Gasteiger partial charge in [-0.2, -0.15) is 13.2 Å². The summed E-state index contributed by atoms with van der Waals surface area (Å²) in [5, 5.41) is 9.84. The molecule has 0 saturated carbocycles. The minimum atomic E-state index is -4.82. The topological polar surface area (TPSA) is 20.2 Å². The molecule has 1 aromatic carbocycles. The van der Waals surface area contributed by atoms with Crippen molar-refractivity contribution in [2.75, 3.05) is 0 Å². The summed E-state index contributed by atoms with van der Waals surface area (Å²) in [7, 11) is 0. The summed E-state index contributed by atoms with van der Waals surface area (Å²) in [5.74, 6) is 4.33. The lowest BCUT2D eigenvalue weighted by molar-refractivity contribution is -0.240. The van der Waals surface area contributed by atoms with Gasteiger partial charge in [0.25, 0.3) is 0 Å². The maximum Gasteiger partial charge on any atom is 0.433 e. The number of hydrogen-bond donors (Lipinski definition) is 1. The van der Waals surface area contributed by atoms with Crippen molar-refractivity contribution in [2.45, 2.75) is 38.5 Å². The van der Waals surface area contributed by atoms with E-state index < -0.39 is 11.8 Å². The number of halogens is 3. The molecule has 98 valence electrons. The van der Waals surface area contributed by atoms with Gasteiger partial charge in [-0.3, -0.25) is 0 Å². The van der Waals surface area contributed by atoms with E-state index in [-0.39, 0.29) is 5.56 Å². The number of unbranched alkanes of at least 4 members (excludes halogenated alkanes) is 1. The lowest BCUT2D eigenvalue weighted by Crippen LogP contribution is -2.41. The fourth-order valence-corrected chi connectivity index (χ4v) is 1.42. The first-order valence-electron chi connectivity index (χ1n) is 5.67. The SMILES string of the molecule is CCCC#CC(O)(c1ccc(C)cc1)C(F)(F)F. The summed E-state index contributed by atoms with van der Waals surface area (Å²) >= 11 is 0. The van der Waals surface area contributed by atoms with Gasteiger partial charge in [-0.15, -0.1) is 0 Å². The quantitative estimate of drug-likeness (QED) is 0.802. The molecule has 1 rings (SSSR count). The number of hydrogen-bond acceptors (Lipinski definition) is 1. The van der Waals surface area contributed by atoms with Crippen molar-refractivity contribution in [1.82, 2.24) is 0 Å². The van der Waals surface area contributed by atoms with E-state index >= 15 is 0 Å². The molecule has 0 heterocycles. The second kappa shape index (κ2) is 5.45. The smallest absolute Gasteiger partial charge is 0.366 e. The Morgan fingerprint density at radius 1 is 1.17 bits per heavy atom. The molecule has 0 aromatic heterocycles. The van der Waals surface area contributed by atoms with Gasteiger partial charge in [-0.1, -0.05) is 48.6 Å². The highest BCUT2D eigenvalue weighted by Crippen LogP contribution is 2.38. The molecule has 1 nitrogen and oxygen atoms in total. The molecule has 0 aliphatic rings. The summed E-state index contributed by atoms with van der Waals surface area (Å²) in [6, 6.07) is 5.55. The number of aryl methyl sites for hydroxylation is 1. The summed E-state index contributed by atoms with van der Waals surface area (Å²) in [4.78, 5) is 0. The van der Waals surface area contributed by atoms with Gasteiger partial charge in [0.05, 0.1) is 0 Å². The molecule has 0 fully saturated rings. The number of alkyl halides is 3. The Hall–Kier alpha value is -1.47. The van der Waals surface area contributed by atoms with Crippen LogP contribution >= 0.6 is 0 Å². The monoisotopic (exact) mass is 256 g/mol. The van der Waals surface area contributed by atoms with Crippen LogP contribution in [0.3, 0.4) is 0 Å². The van der Waals surface area contributed by atoms with Gasteiger partial charge in [0, 0.05) is 12.0 Å². The van der Waals surface area contributed by atoms with Crippen LogP contribution in [0.15, 0.2) is 24.3 Å². The van der Waals surface area contributed by atoms with Gasteiger partial charge in [-0.25, -0.2) is 0 Å². The molecule has 1 unspecified atom stereocenters. The molecule has 0 saturated heterocycles. The zero-order valence-corrected chi connectivity index (χ0v) is 10.3. The highest BCUT2D eigenvalue weighted by atomic mass is 19.4. The van der Waals surface area contributed by atoms with Crippen LogP contribution in [0.1, 0.15) is 30.9 Å². The zero-order valence-electron chi connectivity index (χ0n) is 10.3. The second-order valence-electron chi connectivity index (χ2n) is 4.13. The van der Waals surface area contributed by atoms with E-state index in [9.17, 15) is 18.3 Å². The molecular weight excluding hydrogens is 241 g/mol. The number of rotatable bonds is 2. The number of aliphatic hydroxyl groups is 1. The van der Waals surface area contributed by atoms with E-state index in [1.807, 2.05) is 12.8 Å². The minimum Gasteiger partial charge on any atom is -0.366 e. The predicted molar refractivity (Wildman–Crippen MR) is 63.8 cm³/mol. The third kappa shape index (κ3) is 3.05. The summed E-state index contributed by atoms with van der Waals surface area (Å²) < 4.78 is 38.9. The molecule has 0 spiro atoms. The third-order valence-corrected chi connectivity index (χ3v) is 2.52. The molecule has 18 heavy (non-hydrogen) atoms. The number of benzene rings is 1. The Balaban J connectivity index is 3.22. The van der Waals surface area contributed by atoms with Crippen molar-refractivity contribution in [3.05, 3.63) is 35.4 Å². The van der Waals surface area contributed by atoms with Crippen molar-refractivity contribution in [3.8, 4) is 11.8 Å². The average molecular weight is 256 g/mol. The van der Waals surface area contributed by atoms with Gasteiger partial charge < -0.3 is 5.11 Å². The van der Waals surface area contributed by atoms with Gasteiger partial charge in [0.2, 0.25) is 5.60 Å². The van der Waals surface area contributed by atoms with Gasteiger partial charge >= 0.3 is 6.18 Å². The van der Waals surface area contributed by atoms with Gasteiger partial charge in [0.1, 0.15) is 0 Å². The molecule has 0 aliphatic carbocycles. The highest BCUT2D eigenvalue weighted by Gasteiger charge is 2.54. The molecule has 0 aliphatic heterocycles. The first kappa shape index (κ1) is 14.6. The molecule has 0 bridgehead atoms. The third-order valence-electron chi connectivity index (χ3n) is 2.52. The standard InChI is InChI=1S/C14H15F3O/c1-3-4-5-10-13(18,14(15,16)17)12-8-6-11(2)7-9-12/h6-9,18H,3-4H2,1-2H3. The maximum absolute atomic E-state index is 13.0. The lowest BCUT2D eigenvalue weighted by atomic mass is 9.93. The predicted octanol–water partition coefficient (Wildman–Crippen LogP) is 3.55. The molecular formula is C14H15F3O. The fraction of sp³-hybridized carbons (Fsp3) is 0.429. The van der Waals surface area contributed by atoms with Crippen LogP contribution in [0.5, 0.6) is 0 Å². The van der Waals surface area contributed by atoms with E-state index in [0.717, 1.165) is 5.56 Å². The van der Waals surface area contributed by atoms with E-state index in [1.165, 1.54) is 24.3 Å². The average Bonchev–Trinajstić information content (AvgIpc) is 2.28. The van der Waals surface area contributed by atoms with Gasteiger partial charge in [-0.05, 0) is 13.3 Å². The van der Waals surface area contributed by atoms with Gasteiger partial charge in [0.15, 0.2) is 0 Å². The van der Waals surface area contributed by atoms with Crippen molar-refractivity contribution in [1.29, 1.82) is 0 Å². The summed E-state index contributed by atoms with van der Waals surface area (Å²) in [5.41, 5.74) is -2.51. The van der Waals surface area contributed by atoms with E-state index in [2.05, 4.69) is 5.92 Å². The van der Waals surface area contributed by atoms with E-state index in [4.69, 9.17) is 0 Å². The summed E-state index contributed by atoms with van der Waals surface area (Å²) in [6.07, 6.45) is -3.85. The molecule has 4 heteroatoms. The zero-order chi connectivity index (χ0) is 13.8. The van der Waals surface area contributed by atoms with Crippen molar-refractivity contribution >= 4 is 0 Å². The highest BCUT2D eigenvalue weighted by molar-refractivity contribution is 5.35. The van der Waals surface area contributed by atoms with Crippen LogP contribution in [-0.4, -0.2) is 11.3 Å². The van der Waals surface area contributed by atoms with Crippen molar-refractivity contribution in [3.63, 3.8) is 0 Å².